The molecular weight excluding hydrogens is 278 g/mol. The minimum absolute atomic E-state index is 0.0224. The van der Waals surface area contributed by atoms with Crippen LogP contribution < -0.4 is 17.2 Å². The molecule has 0 radical (unpaired) electrons. The third-order valence-corrected chi connectivity index (χ3v) is 2.30. The maximum Gasteiger partial charge on any atom is 0.340 e. The number of hydrogen-bond acceptors (Lipinski definition) is 5. The van der Waals surface area contributed by atoms with Gasteiger partial charge in [-0.3, -0.25) is 0 Å². The van der Waals surface area contributed by atoms with Crippen LogP contribution in [-0.2, 0) is 9.47 Å². The second-order valence-electron chi connectivity index (χ2n) is 3.72. The first-order valence-electron chi connectivity index (χ1n) is 5.63. The van der Waals surface area contributed by atoms with Gasteiger partial charge in [0.15, 0.2) is 5.96 Å². The molecule has 0 aliphatic rings. The number of nitrogens with two attached hydrogens (primary N) is 3. The standard InChI is InChI=1S/C12H15N5O4/c1-20-9(18)6-3-4-8(7(5-6)10(19)21-2)16-12(15)17-11(13)14/h3-5H,1-2H3,(H6,13,14,15,16,17). The van der Waals surface area contributed by atoms with Gasteiger partial charge in [-0.1, -0.05) is 0 Å². The second kappa shape index (κ2) is 6.89. The summed E-state index contributed by atoms with van der Waals surface area (Å²) in [4.78, 5) is 30.6. The molecule has 0 amide bonds. The smallest absolute Gasteiger partial charge is 0.340 e. The summed E-state index contributed by atoms with van der Waals surface area (Å²) in [5.41, 5.74) is 16.2. The van der Waals surface area contributed by atoms with E-state index in [1.807, 2.05) is 0 Å². The van der Waals surface area contributed by atoms with E-state index < -0.39 is 11.9 Å². The van der Waals surface area contributed by atoms with Crippen LogP contribution in [0.1, 0.15) is 20.7 Å². The minimum atomic E-state index is -0.697. The molecule has 0 spiro atoms. The molecule has 9 heteroatoms. The first-order chi connectivity index (χ1) is 9.88. The summed E-state index contributed by atoms with van der Waals surface area (Å²) in [6.45, 7) is 0. The first-order valence-corrected chi connectivity index (χ1v) is 5.63. The van der Waals surface area contributed by atoms with Crippen molar-refractivity contribution in [2.24, 2.45) is 27.2 Å². The van der Waals surface area contributed by atoms with Crippen molar-refractivity contribution in [2.75, 3.05) is 14.2 Å². The topological polar surface area (TPSA) is 155 Å². The second-order valence-corrected chi connectivity index (χ2v) is 3.72. The maximum absolute atomic E-state index is 11.7. The third-order valence-electron chi connectivity index (χ3n) is 2.30. The molecule has 0 saturated heterocycles. The van der Waals surface area contributed by atoms with E-state index in [0.29, 0.717) is 0 Å². The van der Waals surface area contributed by atoms with E-state index in [0.717, 1.165) is 0 Å². The first kappa shape index (κ1) is 16.0. The molecule has 0 aromatic heterocycles. The molecule has 0 unspecified atom stereocenters. The summed E-state index contributed by atoms with van der Waals surface area (Å²) in [5.74, 6) is -1.82. The van der Waals surface area contributed by atoms with Gasteiger partial charge in [0.1, 0.15) is 0 Å². The van der Waals surface area contributed by atoms with Crippen LogP contribution in [0.25, 0.3) is 0 Å². The van der Waals surface area contributed by atoms with Crippen LogP contribution >= 0.6 is 0 Å². The van der Waals surface area contributed by atoms with Gasteiger partial charge in [0, 0.05) is 0 Å². The lowest BCUT2D eigenvalue weighted by molar-refractivity contribution is 0.0600. The fourth-order valence-electron chi connectivity index (χ4n) is 1.43. The Balaban J connectivity index is 3.35. The SMILES string of the molecule is COC(=O)c1ccc(N=C(N)N=C(N)N)c(C(=O)OC)c1. The molecule has 9 nitrogen and oxygen atoms in total. The summed E-state index contributed by atoms with van der Waals surface area (Å²) in [5, 5.41) is 0. The van der Waals surface area contributed by atoms with Gasteiger partial charge in [-0.15, -0.1) is 0 Å². The van der Waals surface area contributed by atoms with Gasteiger partial charge in [0.2, 0.25) is 5.96 Å². The fraction of sp³-hybridized carbons (Fsp3) is 0.167. The number of methoxy groups -OCH3 is 2. The Morgan fingerprint density at radius 2 is 1.67 bits per heavy atom. The van der Waals surface area contributed by atoms with E-state index >= 15 is 0 Å². The zero-order chi connectivity index (χ0) is 16.0. The van der Waals surface area contributed by atoms with Crippen molar-refractivity contribution in [1.29, 1.82) is 0 Å². The molecule has 112 valence electrons. The average molecular weight is 293 g/mol. The molecule has 0 heterocycles. The number of aliphatic imine (C=N–C) groups is 2. The molecule has 21 heavy (non-hydrogen) atoms. The Kier molecular flexibility index (Phi) is 5.24. The molecule has 1 aromatic rings. The van der Waals surface area contributed by atoms with Crippen molar-refractivity contribution in [3.63, 3.8) is 0 Å². The lowest BCUT2D eigenvalue weighted by Crippen LogP contribution is -2.26. The number of carbonyl (C=O) groups excluding carboxylic acids is 2. The van der Waals surface area contributed by atoms with Crippen molar-refractivity contribution in [2.45, 2.75) is 0 Å². The number of esters is 2. The molecule has 6 N–H and O–H groups in total. The number of benzene rings is 1. The number of nitrogens with zero attached hydrogens (tertiary/aromatic N) is 2. The van der Waals surface area contributed by atoms with Crippen molar-refractivity contribution in [1.82, 2.24) is 0 Å². The molecule has 1 aromatic carbocycles. The van der Waals surface area contributed by atoms with Crippen molar-refractivity contribution in [3.05, 3.63) is 29.3 Å². The van der Waals surface area contributed by atoms with Crippen LogP contribution in [-0.4, -0.2) is 38.1 Å². The highest BCUT2D eigenvalue weighted by atomic mass is 16.5. The van der Waals surface area contributed by atoms with Gasteiger partial charge in [-0.25, -0.2) is 14.6 Å². The number of rotatable bonds is 3. The lowest BCUT2D eigenvalue weighted by Gasteiger charge is -2.06. The van der Waals surface area contributed by atoms with E-state index in [1.165, 1.54) is 32.4 Å². The summed E-state index contributed by atoms with van der Waals surface area (Å²) >= 11 is 0. The molecule has 0 bridgehead atoms. The summed E-state index contributed by atoms with van der Waals surface area (Å²) in [6, 6.07) is 4.09. The van der Waals surface area contributed by atoms with Crippen LogP contribution in [0.15, 0.2) is 28.2 Å². The molecule has 0 atom stereocenters. The Morgan fingerprint density at radius 1 is 1.05 bits per heavy atom. The van der Waals surface area contributed by atoms with Gasteiger partial charge >= 0.3 is 11.9 Å². The van der Waals surface area contributed by atoms with Crippen LogP contribution in [0.4, 0.5) is 5.69 Å². The van der Waals surface area contributed by atoms with Crippen LogP contribution in [0.3, 0.4) is 0 Å². The van der Waals surface area contributed by atoms with E-state index in [2.05, 4.69) is 19.5 Å². The quantitative estimate of drug-likeness (QED) is 0.384. The zero-order valence-electron chi connectivity index (χ0n) is 11.5. The minimum Gasteiger partial charge on any atom is -0.465 e. The van der Waals surface area contributed by atoms with Crippen LogP contribution in [0, 0.1) is 0 Å². The number of ether oxygens (including phenoxy) is 2. The fourth-order valence-corrected chi connectivity index (χ4v) is 1.43. The summed E-state index contributed by atoms with van der Waals surface area (Å²) < 4.78 is 9.19. The predicted molar refractivity (Wildman–Crippen MR) is 76.2 cm³/mol. The molecular formula is C12H15N5O4. The van der Waals surface area contributed by atoms with E-state index in [4.69, 9.17) is 17.2 Å². The predicted octanol–water partition coefficient (Wildman–Crippen LogP) is -0.521. The highest BCUT2D eigenvalue weighted by molar-refractivity contribution is 6.01. The van der Waals surface area contributed by atoms with E-state index in [1.54, 1.807) is 0 Å². The zero-order valence-corrected chi connectivity index (χ0v) is 11.5. The average Bonchev–Trinajstić information content (AvgIpc) is 2.45. The van der Waals surface area contributed by atoms with Crippen LogP contribution in [0.5, 0.6) is 0 Å². The van der Waals surface area contributed by atoms with Gasteiger partial charge in [-0.2, -0.15) is 4.99 Å². The highest BCUT2D eigenvalue weighted by Gasteiger charge is 2.16. The Morgan fingerprint density at radius 3 is 2.19 bits per heavy atom. The molecule has 0 fully saturated rings. The van der Waals surface area contributed by atoms with Crippen molar-refractivity contribution >= 4 is 29.5 Å². The van der Waals surface area contributed by atoms with E-state index in [9.17, 15) is 9.59 Å². The van der Waals surface area contributed by atoms with Gasteiger partial charge in [-0.05, 0) is 18.2 Å². The summed E-state index contributed by atoms with van der Waals surface area (Å²) in [6.07, 6.45) is 0. The van der Waals surface area contributed by atoms with Crippen molar-refractivity contribution < 1.29 is 19.1 Å². The number of carbonyl (C=O) groups is 2. The van der Waals surface area contributed by atoms with Crippen molar-refractivity contribution in [3.8, 4) is 0 Å². The Hall–Kier alpha value is -3.10. The summed E-state index contributed by atoms with van der Waals surface area (Å²) in [7, 11) is 2.42. The lowest BCUT2D eigenvalue weighted by atomic mass is 10.1. The third kappa shape index (κ3) is 4.20. The number of hydrogen-bond donors (Lipinski definition) is 3. The van der Waals surface area contributed by atoms with Gasteiger partial charge < -0.3 is 26.7 Å². The van der Waals surface area contributed by atoms with E-state index in [-0.39, 0.29) is 28.7 Å². The van der Waals surface area contributed by atoms with Gasteiger partial charge in [0.05, 0.1) is 31.0 Å². The largest absolute Gasteiger partial charge is 0.465 e. The molecule has 1 rings (SSSR count). The molecule has 0 aliphatic heterocycles. The Labute approximate surface area is 120 Å². The highest BCUT2D eigenvalue weighted by Crippen LogP contribution is 2.22. The van der Waals surface area contributed by atoms with Gasteiger partial charge in [0.25, 0.3) is 0 Å². The number of guanidine groups is 2. The molecule has 0 aliphatic carbocycles. The molecule has 0 saturated carbocycles. The van der Waals surface area contributed by atoms with Crippen LogP contribution in [0.2, 0.25) is 0 Å². The normalized spacial score (nSPS) is 10.7. The maximum atomic E-state index is 11.7. The monoisotopic (exact) mass is 293 g/mol. The Bertz CT molecular complexity index is 620.